The number of carbonyl (C=O) groups excluding carboxylic acids is 1. The first-order valence-electron chi connectivity index (χ1n) is 6.54. The van der Waals surface area contributed by atoms with Crippen molar-refractivity contribution in [2.75, 3.05) is 0 Å². The number of aldehydes is 1. The van der Waals surface area contributed by atoms with Crippen molar-refractivity contribution >= 4 is 29.0 Å². The van der Waals surface area contributed by atoms with Gasteiger partial charge in [-0.25, -0.2) is 0 Å². The number of nitriles is 1. The van der Waals surface area contributed by atoms with E-state index >= 15 is 0 Å². The highest BCUT2D eigenvalue weighted by Crippen LogP contribution is 2.37. The summed E-state index contributed by atoms with van der Waals surface area (Å²) < 4.78 is 5.76. The van der Waals surface area contributed by atoms with Gasteiger partial charge in [0, 0.05) is 16.5 Å². The second-order valence-corrected chi connectivity index (χ2v) is 6.34. The lowest BCUT2D eigenvalue weighted by atomic mass is 10.1. The number of thiophene rings is 2. The first kappa shape index (κ1) is 14.5. The maximum absolute atomic E-state index is 10.7. The van der Waals surface area contributed by atoms with Gasteiger partial charge in [0.05, 0.1) is 4.88 Å². The van der Waals surface area contributed by atoms with E-state index in [-0.39, 0.29) is 0 Å². The minimum atomic E-state index is 0.355. The lowest BCUT2D eigenvalue weighted by molar-refractivity contribution is 0.112. The molecule has 5 heteroatoms. The number of carbonyl (C=O) groups is 1. The molecule has 2 aromatic heterocycles. The van der Waals surface area contributed by atoms with Gasteiger partial charge in [-0.1, -0.05) is 30.3 Å². The van der Waals surface area contributed by atoms with Gasteiger partial charge < -0.3 is 4.74 Å². The molecule has 0 unspecified atom stereocenters. The molecule has 0 fully saturated rings. The highest BCUT2D eigenvalue weighted by atomic mass is 32.1. The first-order chi connectivity index (χ1) is 10.8. The standard InChI is InChI=1S/C17H11NO2S2/c18-7-15-16(13-4-2-1-3-5-13)11-22-17(15)20-9-12-6-14(8-19)21-10-12/h1-6,8,10-11H,9H2. The molecule has 3 nitrogen and oxygen atoms in total. The van der Waals surface area contributed by atoms with E-state index in [0.29, 0.717) is 22.1 Å². The fourth-order valence-electron chi connectivity index (χ4n) is 2.06. The van der Waals surface area contributed by atoms with E-state index in [1.54, 1.807) is 6.07 Å². The van der Waals surface area contributed by atoms with Crippen LogP contribution in [-0.2, 0) is 6.61 Å². The van der Waals surface area contributed by atoms with Crippen molar-refractivity contribution in [3.63, 3.8) is 0 Å². The van der Waals surface area contributed by atoms with Gasteiger partial charge in [-0.15, -0.1) is 22.7 Å². The van der Waals surface area contributed by atoms with Crippen LogP contribution in [0, 0.1) is 11.3 Å². The Labute approximate surface area is 136 Å². The Morgan fingerprint density at radius 1 is 1.18 bits per heavy atom. The zero-order valence-electron chi connectivity index (χ0n) is 11.5. The van der Waals surface area contributed by atoms with Crippen molar-refractivity contribution in [3.05, 3.63) is 63.2 Å². The maximum Gasteiger partial charge on any atom is 0.192 e. The fourth-order valence-corrected chi connectivity index (χ4v) is 3.64. The van der Waals surface area contributed by atoms with Crippen molar-refractivity contribution < 1.29 is 9.53 Å². The molecule has 0 atom stereocenters. The molecule has 0 radical (unpaired) electrons. The normalized spacial score (nSPS) is 10.1. The summed E-state index contributed by atoms with van der Waals surface area (Å²) in [6.07, 6.45) is 0.827. The fraction of sp³-hybridized carbons (Fsp3) is 0.0588. The van der Waals surface area contributed by atoms with Crippen LogP contribution in [-0.4, -0.2) is 6.29 Å². The van der Waals surface area contributed by atoms with Gasteiger partial charge in [-0.3, -0.25) is 4.79 Å². The van der Waals surface area contributed by atoms with Crippen molar-refractivity contribution in [1.82, 2.24) is 0 Å². The Morgan fingerprint density at radius 3 is 2.68 bits per heavy atom. The van der Waals surface area contributed by atoms with Crippen LogP contribution in [0.2, 0.25) is 0 Å². The lowest BCUT2D eigenvalue weighted by Gasteiger charge is -2.03. The second-order valence-electron chi connectivity index (χ2n) is 4.55. The number of nitrogens with zero attached hydrogens (tertiary/aromatic N) is 1. The number of hydrogen-bond donors (Lipinski definition) is 0. The number of rotatable bonds is 5. The van der Waals surface area contributed by atoms with Crippen LogP contribution in [0.5, 0.6) is 5.06 Å². The molecule has 0 N–H and O–H groups in total. The summed E-state index contributed by atoms with van der Waals surface area (Å²) >= 11 is 2.80. The molecule has 0 bridgehead atoms. The van der Waals surface area contributed by atoms with Crippen LogP contribution in [0.25, 0.3) is 11.1 Å². The van der Waals surface area contributed by atoms with Gasteiger partial charge in [-0.2, -0.15) is 5.26 Å². The summed E-state index contributed by atoms with van der Waals surface area (Å²) in [5.74, 6) is 0. The summed E-state index contributed by atoms with van der Waals surface area (Å²) in [5, 5.41) is 13.9. The molecule has 0 spiro atoms. The van der Waals surface area contributed by atoms with Crippen molar-refractivity contribution in [2.45, 2.75) is 6.61 Å². The highest BCUT2D eigenvalue weighted by Gasteiger charge is 2.14. The minimum Gasteiger partial charge on any atom is -0.478 e. The average Bonchev–Trinajstić information content (AvgIpc) is 3.19. The van der Waals surface area contributed by atoms with Crippen LogP contribution in [0.3, 0.4) is 0 Å². The van der Waals surface area contributed by atoms with Gasteiger partial charge in [-0.05, 0) is 17.0 Å². The van der Waals surface area contributed by atoms with E-state index in [2.05, 4.69) is 6.07 Å². The van der Waals surface area contributed by atoms with E-state index in [4.69, 9.17) is 4.74 Å². The topological polar surface area (TPSA) is 50.1 Å². The Kier molecular flexibility index (Phi) is 4.33. The van der Waals surface area contributed by atoms with Gasteiger partial charge in [0.25, 0.3) is 0 Å². The largest absolute Gasteiger partial charge is 0.478 e. The van der Waals surface area contributed by atoms with Gasteiger partial charge in [0.15, 0.2) is 11.3 Å². The number of ether oxygens (including phenoxy) is 1. The van der Waals surface area contributed by atoms with Crippen LogP contribution in [0.1, 0.15) is 20.8 Å². The smallest absolute Gasteiger partial charge is 0.192 e. The predicted molar refractivity (Wildman–Crippen MR) is 88.5 cm³/mol. The van der Waals surface area contributed by atoms with Gasteiger partial charge in [0.2, 0.25) is 0 Å². The van der Waals surface area contributed by atoms with Gasteiger partial charge >= 0.3 is 0 Å². The van der Waals surface area contributed by atoms with E-state index in [9.17, 15) is 10.1 Å². The van der Waals surface area contributed by atoms with Crippen LogP contribution >= 0.6 is 22.7 Å². The van der Waals surface area contributed by atoms with Crippen molar-refractivity contribution in [2.24, 2.45) is 0 Å². The molecule has 0 aliphatic carbocycles. The molecule has 0 saturated carbocycles. The lowest BCUT2D eigenvalue weighted by Crippen LogP contribution is -1.93. The third-order valence-corrected chi connectivity index (χ3v) is 4.91. The Hall–Kier alpha value is -2.42. The molecule has 1 aromatic carbocycles. The number of hydrogen-bond acceptors (Lipinski definition) is 5. The van der Waals surface area contributed by atoms with E-state index in [1.807, 2.05) is 41.1 Å². The molecule has 108 valence electrons. The van der Waals surface area contributed by atoms with Gasteiger partial charge in [0.1, 0.15) is 18.2 Å². The van der Waals surface area contributed by atoms with E-state index < -0.39 is 0 Å². The Bertz CT molecular complexity index is 828. The second kappa shape index (κ2) is 6.56. The summed E-state index contributed by atoms with van der Waals surface area (Å²) in [5.41, 5.74) is 3.39. The molecule has 0 amide bonds. The van der Waals surface area contributed by atoms with Crippen LogP contribution < -0.4 is 4.74 Å². The monoisotopic (exact) mass is 325 g/mol. The molecule has 3 rings (SSSR count). The first-order valence-corrected chi connectivity index (χ1v) is 8.30. The molecular formula is C17H11NO2S2. The van der Waals surface area contributed by atoms with E-state index in [1.165, 1.54) is 22.7 Å². The van der Waals surface area contributed by atoms with Crippen LogP contribution in [0.4, 0.5) is 0 Å². The summed E-state index contributed by atoms with van der Waals surface area (Å²) in [4.78, 5) is 11.4. The van der Waals surface area contributed by atoms with Crippen LogP contribution in [0.15, 0.2) is 47.2 Å². The molecule has 0 aliphatic heterocycles. The zero-order chi connectivity index (χ0) is 15.4. The molecule has 2 heterocycles. The number of benzene rings is 1. The highest BCUT2D eigenvalue weighted by molar-refractivity contribution is 7.12. The summed E-state index contributed by atoms with van der Waals surface area (Å²) in [6, 6.07) is 13.8. The van der Waals surface area contributed by atoms with Crippen molar-refractivity contribution in [1.29, 1.82) is 5.26 Å². The Balaban J connectivity index is 1.82. The maximum atomic E-state index is 10.7. The molecular weight excluding hydrogens is 314 g/mol. The molecule has 22 heavy (non-hydrogen) atoms. The summed E-state index contributed by atoms with van der Waals surface area (Å²) in [7, 11) is 0. The quantitative estimate of drug-likeness (QED) is 0.637. The van der Waals surface area contributed by atoms with E-state index in [0.717, 1.165) is 23.0 Å². The minimum absolute atomic E-state index is 0.355. The SMILES string of the molecule is N#Cc1c(-c2ccccc2)csc1OCc1csc(C=O)c1. The third kappa shape index (κ3) is 2.93. The molecule has 3 aromatic rings. The molecule has 0 saturated heterocycles. The van der Waals surface area contributed by atoms with Crippen molar-refractivity contribution in [3.8, 4) is 22.3 Å². The third-order valence-electron chi connectivity index (χ3n) is 3.11. The zero-order valence-corrected chi connectivity index (χ0v) is 13.1. The predicted octanol–water partition coefficient (Wildman–Crippen LogP) is 4.74. The Morgan fingerprint density at radius 2 is 2.00 bits per heavy atom. The average molecular weight is 325 g/mol. The summed E-state index contributed by atoms with van der Waals surface area (Å²) in [6.45, 7) is 0.355. The molecule has 0 aliphatic rings.